The summed E-state index contributed by atoms with van der Waals surface area (Å²) in [6.45, 7) is 8.73. The third kappa shape index (κ3) is 4.82. The molecule has 3 aliphatic rings. The fraction of sp³-hybridized carbons (Fsp3) is 0.300. The largest absolute Gasteiger partial charge is 0.460 e. The van der Waals surface area contributed by atoms with Crippen LogP contribution in [0.3, 0.4) is 0 Å². The van der Waals surface area contributed by atoms with E-state index < -0.39 is 0 Å². The standard InChI is InChI=1S/C30H31N9O/c1-18-10-27(34-28-11-19(2)36-37-28)35-30(33-18)22-6-9-29(32-14-22)38-16-23-12-24(17-38)39(23)15-21-5-7-25(31-13-21)26-8-4-20(3)40-26/h4-11,13-14,23-24H,12,15-17H2,1-3H3,(H2,33,34,35,36,37). The average molecular weight is 534 g/mol. The highest BCUT2D eigenvalue weighted by molar-refractivity contribution is 5.61. The first-order chi connectivity index (χ1) is 19.5. The normalized spacial score (nSPS) is 18.5. The van der Waals surface area contributed by atoms with Crippen LogP contribution >= 0.6 is 0 Å². The van der Waals surface area contributed by atoms with E-state index in [0.717, 1.165) is 65.4 Å². The van der Waals surface area contributed by atoms with Crippen molar-refractivity contribution < 1.29 is 4.42 Å². The molecule has 0 aliphatic carbocycles. The van der Waals surface area contributed by atoms with Crippen LogP contribution in [0.1, 0.15) is 29.1 Å². The molecular weight excluding hydrogens is 502 g/mol. The van der Waals surface area contributed by atoms with Crippen molar-refractivity contribution in [1.29, 1.82) is 0 Å². The summed E-state index contributed by atoms with van der Waals surface area (Å²) in [7, 11) is 0. The van der Waals surface area contributed by atoms with Crippen LogP contribution in [0.2, 0.25) is 0 Å². The molecule has 40 heavy (non-hydrogen) atoms. The molecule has 0 saturated carbocycles. The molecule has 0 aromatic carbocycles. The second-order valence-corrected chi connectivity index (χ2v) is 10.8. The molecule has 0 spiro atoms. The summed E-state index contributed by atoms with van der Waals surface area (Å²) in [5.74, 6) is 4.78. The van der Waals surface area contributed by atoms with E-state index in [2.05, 4.69) is 59.5 Å². The Morgan fingerprint density at radius 1 is 0.925 bits per heavy atom. The number of H-pyrrole nitrogens is 1. The number of nitrogens with zero attached hydrogens (tertiary/aromatic N) is 7. The fourth-order valence-electron chi connectivity index (χ4n) is 5.66. The number of aromatic amines is 1. The average Bonchev–Trinajstić information content (AvgIpc) is 3.59. The number of furan rings is 1. The number of nitrogens with one attached hydrogen (secondary N) is 2. The van der Waals surface area contributed by atoms with Gasteiger partial charge in [-0.1, -0.05) is 6.07 Å². The van der Waals surface area contributed by atoms with Gasteiger partial charge in [-0.2, -0.15) is 5.10 Å². The Labute approximate surface area is 232 Å². The highest BCUT2D eigenvalue weighted by Crippen LogP contribution is 2.36. The van der Waals surface area contributed by atoms with Gasteiger partial charge in [-0.15, -0.1) is 0 Å². The Bertz CT molecular complexity index is 1630. The second-order valence-electron chi connectivity index (χ2n) is 10.8. The maximum absolute atomic E-state index is 5.71. The monoisotopic (exact) mass is 533 g/mol. The summed E-state index contributed by atoms with van der Waals surface area (Å²) < 4.78 is 5.71. The minimum absolute atomic E-state index is 0.520. The summed E-state index contributed by atoms with van der Waals surface area (Å²) in [6, 6.07) is 17.2. The van der Waals surface area contributed by atoms with E-state index in [4.69, 9.17) is 14.4 Å². The molecule has 5 aromatic heterocycles. The minimum Gasteiger partial charge on any atom is -0.460 e. The molecular formula is C30H31N9O. The molecule has 8 rings (SSSR count). The molecule has 3 fully saturated rings. The van der Waals surface area contributed by atoms with Gasteiger partial charge in [0.15, 0.2) is 17.4 Å². The molecule has 2 atom stereocenters. The van der Waals surface area contributed by atoms with Gasteiger partial charge in [0, 0.05) is 73.2 Å². The van der Waals surface area contributed by atoms with Crippen molar-refractivity contribution >= 4 is 17.5 Å². The van der Waals surface area contributed by atoms with E-state index in [0.29, 0.717) is 23.7 Å². The third-order valence-electron chi connectivity index (χ3n) is 7.67. The molecule has 8 heterocycles. The van der Waals surface area contributed by atoms with Crippen molar-refractivity contribution in [3.05, 3.63) is 83.6 Å². The highest BCUT2D eigenvalue weighted by atomic mass is 16.3. The van der Waals surface area contributed by atoms with Gasteiger partial charge in [-0.05, 0) is 63.1 Å². The summed E-state index contributed by atoms with van der Waals surface area (Å²) in [5, 5.41) is 10.4. The van der Waals surface area contributed by atoms with E-state index in [1.54, 1.807) is 0 Å². The van der Waals surface area contributed by atoms with Crippen molar-refractivity contribution in [2.75, 3.05) is 23.3 Å². The topological polar surface area (TPSA) is 112 Å². The second kappa shape index (κ2) is 9.87. The van der Waals surface area contributed by atoms with E-state index >= 15 is 0 Å². The van der Waals surface area contributed by atoms with Crippen molar-refractivity contribution in [2.24, 2.45) is 0 Å². The number of aromatic nitrogens is 6. The lowest BCUT2D eigenvalue weighted by molar-refractivity contribution is -0.00875. The zero-order valence-corrected chi connectivity index (χ0v) is 22.8. The first kappa shape index (κ1) is 24.5. The smallest absolute Gasteiger partial charge is 0.163 e. The molecule has 0 amide bonds. The van der Waals surface area contributed by atoms with Gasteiger partial charge >= 0.3 is 0 Å². The molecule has 2 bridgehead atoms. The number of anilines is 3. The molecule has 2 N–H and O–H groups in total. The van der Waals surface area contributed by atoms with E-state index in [1.165, 1.54) is 12.0 Å². The lowest BCUT2D eigenvalue weighted by Gasteiger charge is -2.56. The number of piperidine rings is 1. The van der Waals surface area contributed by atoms with Gasteiger partial charge < -0.3 is 14.6 Å². The SMILES string of the molecule is Cc1cc(Nc2cc(C)[nH]n2)nc(-c2ccc(N3CC4CC(C3)N4Cc3ccc(-c4ccc(C)o4)nc3)nc2)n1. The zero-order valence-electron chi connectivity index (χ0n) is 22.8. The van der Waals surface area contributed by atoms with Gasteiger partial charge in [0.05, 0.1) is 0 Å². The number of pyridine rings is 2. The number of hydrogen-bond donors (Lipinski definition) is 2. The van der Waals surface area contributed by atoms with Crippen LogP contribution in [0.5, 0.6) is 0 Å². The van der Waals surface area contributed by atoms with Crippen LogP contribution in [-0.4, -0.2) is 60.2 Å². The van der Waals surface area contributed by atoms with Crippen LogP contribution in [0, 0.1) is 20.8 Å². The van der Waals surface area contributed by atoms with Crippen LogP contribution < -0.4 is 10.2 Å². The van der Waals surface area contributed by atoms with Crippen molar-refractivity contribution in [3.63, 3.8) is 0 Å². The predicted molar refractivity (Wildman–Crippen MR) is 153 cm³/mol. The Kier molecular flexibility index (Phi) is 6.04. The summed E-state index contributed by atoms with van der Waals surface area (Å²) in [5.41, 5.74) is 4.85. The third-order valence-corrected chi connectivity index (χ3v) is 7.67. The predicted octanol–water partition coefficient (Wildman–Crippen LogP) is 5.05. The van der Waals surface area contributed by atoms with Crippen LogP contribution in [-0.2, 0) is 6.54 Å². The zero-order chi connectivity index (χ0) is 27.2. The van der Waals surface area contributed by atoms with Crippen molar-refractivity contribution in [2.45, 2.75) is 45.8 Å². The Morgan fingerprint density at radius 2 is 1.80 bits per heavy atom. The van der Waals surface area contributed by atoms with Crippen molar-refractivity contribution in [3.8, 4) is 22.8 Å². The number of rotatable bonds is 7. The minimum atomic E-state index is 0.520. The quantitative estimate of drug-likeness (QED) is 0.297. The van der Waals surface area contributed by atoms with E-state index in [1.807, 2.05) is 57.4 Å². The van der Waals surface area contributed by atoms with Crippen molar-refractivity contribution in [1.82, 2.24) is 35.0 Å². The highest BCUT2D eigenvalue weighted by Gasteiger charge is 2.44. The summed E-state index contributed by atoms with van der Waals surface area (Å²) in [4.78, 5) is 23.8. The van der Waals surface area contributed by atoms with Gasteiger partial charge in [0.25, 0.3) is 0 Å². The Hall–Kier alpha value is -4.57. The molecule has 0 radical (unpaired) electrons. The molecule has 5 aromatic rings. The lowest BCUT2D eigenvalue weighted by Crippen LogP contribution is -2.68. The first-order valence-corrected chi connectivity index (χ1v) is 13.6. The van der Waals surface area contributed by atoms with Gasteiger partial charge in [-0.3, -0.25) is 15.0 Å². The molecule has 3 aliphatic heterocycles. The summed E-state index contributed by atoms with van der Waals surface area (Å²) in [6.07, 6.45) is 5.08. The van der Waals surface area contributed by atoms with Crippen LogP contribution in [0.4, 0.5) is 17.5 Å². The molecule has 2 unspecified atom stereocenters. The Balaban J connectivity index is 0.991. The van der Waals surface area contributed by atoms with Gasteiger partial charge in [0.2, 0.25) is 0 Å². The van der Waals surface area contributed by atoms with Gasteiger partial charge in [-0.25, -0.2) is 15.0 Å². The lowest BCUT2D eigenvalue weighted by atomic mass is 9.87. The van der Waals surface area contributed by atoms with E-state index in [9.17, 15) is 0 Å². The number of hydrogen-bond acceptors (Lipinski definition) is 9. The first-order valence-electron chi connectivity index (χ1n) is 13.6. The fourth-order valence-corrected chi connectivity index (χ4v) is 5.66. The molecule has 202 valence electrons. The van der Waals surface area contributed by atoms with Gasteiger partial charge in [0.1, 0.15) is 23.1 Å². The number of aryl methyl sites for hydroxylation is 3. The molecule has 10 nitrogen and oxygen atoms in total. The number of fused-ring (bicyclic) bond motifs is 2. The maximum atomic E-state index is 5.71. The van der Waals surface area contributed by atoms with Crippen LogP contribution in [0.15, 0.2) is 65.3 Å². The molecule has 10 heteroatoms. The maximum Gasteiger partial charge on any atom is 0.163 e. The molecule has 3 saturated heterocycles. The van der Waals surface area contributed by atoms with Crippen LogP contribution in [0.25, 0.3) is 22.8 Å². The Morgan fingerprint density at radius 3 is 2.48 bits per heavy atom. The number of piperazine rings is 1. The van der Waals surface area contributed by atoms with E-state index in [-0.39, 0.29) is 0 Å². The summed E-state index contributed by atoms with van der Waals surface area (Å²) >= 11 is 0.